The van der Waals surface area contributed by atoms with Crippen LogP contribution >= 0.6 is 15.9 Å². The Balaban J connectivity index is 2.09. The second-order valence-electron chi connectivity index (χ2n) is 6.90. The molecule has 0 amide bonds. The first-order valence-corrected chi connectivity index (χ1v) is 12.2. The third kappa shape index (κ3) is 4.01. The van der Waals surface area contributed by atoms with E-state index in [4.69, 9.17) is 9.40 Å². The van der Waals surface area contributed by atoms with Gasteiger partial charge in [0.1, 0.15) is 11.5 Å². The molecule has 0 radical (unpaired) electrons. The Labute approximate surface area is 146 Å². The summed E-state index contributed by atoms with van der Waals surface area (Å²) in [6, 6.07) is 19.4. The molecule has 0 atom stereocenters. The fraction of sp³-hybridized carbons (Fsp3) is 0.211. The van der Waals surface area contributed by atoms with Crippen molar-refractivity contribution in [3.63, 3.8) is 0 Å². The predicted octanol–water partition coefficient (Wildman–Crippen LogP) is 6.19. The van der Waals surface area contributed by atoms with Gasteiger partial charge in [-0.3, -0.25) is 0 Å². The van der Waals surface area contributed by atoms with Crippen molar-refractivity contribution in [2.24, 2.45) is 0 Å². The average Bonchev–Trinajstić information content (AvgIpc) is 2.91. The first-order chi connectivity index (χ1) is 10.9. The summed E-state index contributed by atoms with van der Waals surface area (Å²) >= 11 is 3.49. The van der Waals surface area contributed by atoms with Crippen LogP contribution in [0.1, 0.15) is 5.76 Å². The lowest BCUT2D eigenvalue weighted by molar-refractivity contribution is 0.536. The molecule has 1 aromatic heterocycles. The number of oxazole rings is 1. The fourth-order valence-corrected chi connectivity index (χ4v) is 3.96. The van der Waals surface area contributed by atoms with E-state index >= 15 is 0 Å². The lowest BCUT2D eigenvalue weighted by Crippen LogP contribution is -2.23. The maximum atomic E-state index is 6.17. The molecule has 4 heteroatoms. The molecule has 2 nitrogen and oxygen atoms in total. The van der Waals surface area contributed by atoms with Crippen LogP contribution in [-0.4, -0.2) is 13.1 Å². The van der Waals surface area contributed by atoms with E-state index in [0.717, 1.165) is 33.1 Å². The minimum absolute atomic E-state index is 0.705. The van der Waals surface area contributed by atoms with Crippen LogP contribution in [0.3, 0.4) is 0 Å². The lowest BCUT2D eigenvalue weighted by Gasteiger charge is -2.14. The minimum Gasteiger partial charge on any atom is -0.441 e. The number of halogens is 1. The fourth-order valence-electron chi connectivity index (χ4n) is 2.49. The van der Waals surface area contributed by atoms with Crippen LogP contribution in [0.5, 0.6) is 0 Å². The summed E-state index contributed by atoms with van der Waals surface area (Å²) < 4.78 is 7.24. The highest BCUT2D eigenvalue weighted by atomic mass is 79.9. The van der Waals surface area contributed by atoms with E-state index in [1.165, 1.54) is 0 Å². The van der Waals surface area contributed by atoms with Crippen LogP contribution in [0.2, 0.25) is 19.6 Å². The maximum absolute atomic E-state index is 6.17. The molecule has 0 bridgehead atoms. The van der Waals surface area contributed by atoms with Gasteiger partial charge >= 0.3 is 0 Å². The van der Waals surface area contributed by atoms with Crippen molar-refractivity contribution in [1.29, 1.82) is 0 Å². The van der Waals surface area contributed by atoms with E-state index in [2.05, 4.69) is 47.7 Å². The highest BCUT2D eigenvalue weighted by Crippen LogP contribution is 2.31. The van der Waals surface area contributed by atoms with Gasteiger partial charge in [-0.25, -0.2) is 4.98 Å². The van der Waals surface area contributed by atoms with Gasteiger partial charge in [0, 0.05) is 21.6 Å². The van der Waals surface area contributed by atoms with E-state index < -0.39 is 8.07 Å². The van der Waals surface area contributed by atoms with E-state index in [1.54, 1.807) is 0 Å². The summed E-state index contributed by atoms with van der Waals surface area (Å²) in [5.74, 6) is 1.71. The molecule has 0 fully saturated rings. The van der Waals surface area contributed by atoms with Crippen molar-refractivity contribution in [1.82, 2.24) is 4.98 Å². The standard InChI is InChI=1S/C19H20BrNOSi/c1-23(2,3)13-17-18(14-9-11-16(20)12-10-14)21-19(22-17)15-7-5-4-6-8-15/h4-12H,13H2,1-3H3. The second kappa shape index (κ2) is 6.46. The Morgan fingerprint density at radius 3 is 2.17 bits per heavy atom. The molecular weight excluding hydrogens is 366 g/mol. The number of hydrogen-bond acceptors (Lipinski definition) is 2. The third-order valence-electron chi connectivity index (χ3n) is 3.53. The SMILES string of the molecule is C[Si](C)(C)Cc1oc(-c2ccccc2)nc1-c1ccc(Br)cc1. The topological polar surface area (TPSA) is 26.0 Å². The smallest absolute Gasteiger partial charge is 0.226 e. The number of aromatic nitrogens is 1. The number of hydrogen-bond donors (Lipinski definition) is 0. The Morgan fingerprint density at radius 1 is 0.913 bits per heavy atom. The average molecular weight is 386 g/mol. The van der Waals surface area contributed by atoms with Gasteiger partial charge in [-0.2, -0.15) is 0 Å². The molecule has 0 aliphatic heterocycles. The summed E-state index contributed by atoms with van der Waals surface area (Å²) in [6.07, 6.45) is 0. The van der Waals surface area contributed by atoms with Gasteiger partial charge in [0.2, 0.25) is 5.89 Å². The highest BCUT2D eigenvalue weighted by molar-refractivity contribution is 9.10. The maximum Gasteiger partial charge on any atom is 0.226 e. The molecule has 0 saturated heterocycles. The van der Waals surface area contributed by atoms with E-state index in [9.17, 15) is 0 Å². The molecule has 0 aliphatic rings. The Kier molecular flexibility index (Phi) is 4.55. The number of nitrogens with zero attached hydrogens (tertiary/aromatic N) is 1. The van der Waals surface area contributed by atoms with Gasteiger partial charge < -0.3 is 4.42 Å². The van der Waals surface area contributed by atoms with Crippen LogP contribution < -0.4 is 0 Å². The molecule has 0 N–H and O–H groups in total. The van der Waals surface area contributed by atoms with Crippen LogP contribution in [0.25, 0.3) is 22.7 Å². The molecule has 0 unspecified atom stereocenters. The number of benzene rings is 2. The van der Waals surface area contributed by atoms with Gasteiger partial charge in [-0.05, 0) is 24.3 Å². The predicted molar refractivity (Wildman–Crippen MR) is 102 cm³/mol. The van der Waals surface area contributed by atoms with Crippen molar-refractivity contribution < 1.29 is 4.42 Å². The summed E-state index contributed by atoms with van der Waals surface area (Å²) in [5, 5.41) is 0. The van der Waals surface area contributed by atoms with Crippen LogP contribution in [-0.2, 0) is 6.04 Å². The van der Waals surface area contributed by atoms with Crippen molar-refractivity contribution in [2.45, 2.75) is 25.7 Å². The third-order valence-corrected chi connectivity index (χ3v) is 5.44. The summed E-state index contributed by atoms with van der Waals surface area (Å²) in [4.78, 5) is 4.80. The van der Waals surface area contributed by atoms with Crippen molar-refractivity contribution in [3.05, 3.63) is 64.8 Å². The van der Waals surface area contributed by atoms with Crippen LogP contribution in [0.15, 0.2) is 63.5 Å². The number of rotatable bonds is 4. The van der Waals surface area contributed by atoms with Crippen LogP contribution in [0.4, 0.5) is 0 Å². The molecule has 118 valence electrons. The molecule has 1 heterocycles. The van der Waals surface area contributed by atoms with Crippen LogP contribution in [0, 0.1) is 0 Å². The lowest BCUT2D eigenvalue weighted by atomic mass is 10.1. The minimum atomic E-state index is -1.30. The van der Waals surface area contributed by atoms with Crippen molar-refractivity contribution >= 4 is 24.0 Å². The molecule has 0 aliphatic carbocycles. The summed E-state index contributed by atoms with van der Waals surface area (Å²) in [6.45, 7) is 7.05. The zero-order valence-electron chi connectivity index (χ0n) is 13.6. The molecule has 3 aromatic rings. The highest BCUT2D eigenvalue weighted by Gasteiger charge is 2.22. The van der Waals surface area contributed by atoms with Gasteiger partial charge in [0.25, 0.3) is 0 Å². The first kappa shape index (κ1) is 16.2. The van der Waals surface area contributed by atoms with Gasteiger partial charge in [0.15, 0.2) is 0 Å². The Hall–Kier alpha value is -1.65. The van der Waals surface area contributed by atoms with E-state index in [1.807, 2.05) is 42.5 Å². The molecular formula is C19H20BrNOSi. The summed E-state index contributed by atoms with van der Waals surface area (Å²) in [7, 11) is -1.30. The van der Waals surface area contributed by atoms with Gasteiger partial charge in [0.05, 0.1) is 8.07 Å². The zero-order chi connectivity index (χ0) is 16.4. The summed E-state index contributed by atoms with van der Waals surface area (Å²) in [5.41, 5.74) is 3.10. The molecule has 0 saturated carbocycles. The molecule has 0 spiro atoms. The zero-order valence-corrected chi connectivity index (χ0v) is 16.2. The van der Waals surface area contributed by atoms with E-state index in [-0.39, 0.29) is 0 Å². The normalized spacial score (nSPS) is 11.7. The Bertz CT molecular complexity index is 788. The molecule has 3 rings (SSSR count). The Morgan fingerprint density at radius 2 is 1.57 bits per heavy atom. The van der Waals surface area contributed by atoms with Gasteiger partial charge in [-0.15, -0.1) is 0 Å². The first-order valence-electron chi connectivity index (χ1n) is 7.73. The van der Waals surface area contributed by atoms with Gasteiger partial charge in [-0.1, -0.05) is 65.9 Å². The quantitative estimate of drug-likeness (QED) is 0.500. The van der Waals surface area contributed by atoms with Crippen molar-refractivity contribution in [2.75, 3.05) is 0 Å². The van der Waals surface area contributed by atoms with Crippen molar-refractivity contribution in [3.8, 4) is 22.7 Å². The van der Waals surface area contributed by atoms with E-state index in [0.29, 0.717) is 5.89 Å². The molecule has 2 aromatic carbocycles. The molecule has 23 heavy (non-hydrogen) atoms. The largest absolute Gasteiger partial charge is 0.441 e. The monoisotopic (exact) mass is 385 g/mol. The second-order valence-corrected chi connectivity index (χ2v) is 13.3.